The van der Waals surface area contributed by atoms with Gasteiger partial charge >= 0.3 is 0 Å². The number of nitrogens with one attached hydrogen (secondary N) is 2. The lowest BCUT2D eigenvalue weighted by Gasteiger charge is -2.38. The number of sulfonamides is 1. The summed E-state index contributed by atoms with van der Waals surface area (Å²) in [5, 5.41) is 7.16. The molecule has 1 amide bonds. The predicted octanol–water partition coefficient (Wildman–Crippen LogP) is 1.31. The molecule has 152 valence electrons. The first-order valence-corrected chi connectivity index (χ1v) is 11.1. The molecule has 0 bridgehead atoms. The van der Waals surface area contributed by atoms with Crippen LogP contribution in [0.3, 0.4) is 0 Å². The normalized spacial score (nSPS) is 23.5. The molecule has 1 aliphatic heterocycles. The van der Waals surface area contributed by atoms with Gasteiger partial charge in [-0.25, -0.2) is 8.42 Å². The number of carbonyl (C=O) groups is 1. The van der Waals surface area contributed by atoms with E-state index in [0.717, 1.165) is 25.7 Å². The SMILES string of the molecule is Cc1nn(C)c(C)c1S(=O)(=O)NC(C)C(=O)NC1CCOC2(CCCC2)C1. The molecule has 27 heavy (non-hydrogen) atoms. The molecule has 2 fully saturated rings. The van der Waals surface area contributed by atoms with Crippen LogP contribution in [0.4, 0.5) is 0 Å². The zero-order chi connectivity index (χ0) is 19.8. The van der Waals surface area contributed by atoms with Crippen molar-refractivity contribution in [3.63, 3.8) is 0 Å². The Balaban J connectivity index is 1.63. The van der Waals surface area contributed by atoms with Gasteiger partial charge in [0.1, 0.15) is 4.90 Å². The molecule has 3 rings (SSSR count). The number of nitrogens with zero attached hydrogens (tertiary/aromatic N) is 2. The van der Waals surface area contributed by atoms with Gasteiger partial charge in [-0.3, -0.25) is 9.48 Å². The van der Waals surface area contributed by atoms with Gasteiger partial charge in [0.25, 0.3) is 0 Å². The molecule has 1 aliphatic carbocycles. The molecule has 1 saturated heterocycles. The molecule has 9 heteroatoms. The molecule has 2 aliphatic rings. The Morgan fingerprint density at radius 2 is 2.00 bits per heavy atom. The lowest BCUT2D eigenvalue weighted by Crippen LogP contribution is -2.52. The van der Waals surface area contributed by atoms with Gasteiger partial charge in [-0.2, -0.15) is 9.82 Å². The largest absolute Gasteiger partial charge is 0.375 e. The smallest absolute Gasteiger partial charge is 0.244 e. The van der Waals surface area contributed by atoms with Crippen molar-refractivity contribution in [1.82, 2.24) is 19.8 Å². The fraction of sp³-hybridized carbons (Fsp3) is 0.778. The highest BCUT2D eigenvalue weighted by atomic mass is 32.2. The zero-order valence-corrected chi connectivity index (χ0v) is 17.4. The van der Waals surface area contributed by atoms with Crippen molar-refractivity contribution in [2.75, 3.05) is 6.61 Å². The Morgan fingerprint density at radius 3 is 2.59 bits per heavy atom. The van der Waals surface area contributed by atoms with Crippen molar-refractivity contribution >= 4 is 15.9 Å². The Kier molecular flexibility index (Phi) is 5.65. The van der Waals surface area contributed by atoms with E-state index in [4.69, 9.17) is 4.74 Å². The molecule has 1 saturated carbocycles. The first kappa shape index (κ1) is 20.3. The quantitative estimate of drug-likeness (QED) is 0.779. The number of aromatic nitrogens is 2. The standard InChI is InChI=1S/C18H30N4O4S/c1-12-16(14(3)22(4)20-12)27(24,25)21-13(2)17(23)19-15-7-10-26-18(11-15)8-5-6-9-18/h13,15,21H,5-11H2,1-4H3,(H,19,23). The van der Waals surface area contributed by atoms with Crippen molar-refractivity contribution in [2.45, 2.75) is 81.9 Å². The minimum atomic E-state index is -3.83. The number of amides is 1. The fourth-order valence-corrected chi connectivity index (χ4v) is 5.97. The first-order valence-electron chi connectivity index (χ1n) is 9.60. The van der Waals surface area contributed by atoms with Crippen LogP contribution in [0.25, 0.3) is 0 Å². The lowest BCUT2D eigenvalue weighted by molar-refractivity contribution is -0.126. The highest BCUT2D eigenvalue weighted by Crippen LogP contribution is 2.39. The molecule has 1 aromatic rings. The average molecular weight is 399 g/mol. The molecule has 0 aromatic carbocycles. The number of carbonyl (C=O) groups excluding carboxylic acids is 1. The highest BCUT2D eigenvalue weighted by molar-refractivity contribution is 7.89. The molecule has 1 aromatic heterocycles. The van der Waals surface area contributed by atoms with Gasteiger partial charge in [0, 0.05) is 19.7 Å². The van der Waals surface area contributed by atoms with Crippen LogP contribution in [-0.2, 0) is 26.6 Å². The van der Waals surface area contributed by atoms with E-state index in [0.29, 0.717) is 18.0 Å². The van der Waals surface area contributed by atoms with Crippen LogP contribution in [0.5, 0.6) is 0 Å². The highest BCUT2D eigenvalue weighted by Gasteiger charge is 2.40. The third-order valence-corrected chi connectivity index (χ3v) is 7.58. The number of ether oxygens (including phenoxy) is 1. The molecule has 2 unspecified atom stereocenters. The molecule has 0 radical (unpaired) electrons. The van der Waals surface area contributed by atoms with Gasteiger partial charge in [-0.1, -0.05) is 12.8 Å². The van der Waals surface area contributed by atoms with Crippen molar-refractivity contribution < 1.29 is 17.9 Å². The van der Waals surface area contributed by atoms with Crippen molar-refractivity contribution in [3.8, 4) is 0 Å². The van der Waals surface area contributed by atoms with E-state index in [1.54, 1.807) is 27.8 Å². The van der Waals surface area contributed by atoms with E-state index in [1.807, 2.05) is 0 Å². The van der Waals surface area contributed by atoms with Gasteiger partial charge in [-0.05, 0) is 46.5 Å². The Hall–Kier alpha value is -1.45. The minimum Gasteiger partial charge on any atom is -0.375 e. The van der Waals surface area contributed by atoms with E-state index >= 15 is 0 Å². The molecule has 2 N–H and O–H groups in total. The summed E-state index contributed by atoms with van der Waals surface area (Å²) in [4.78, 5) is 12.7. The summed E-state index contributed by atoms with van der Waals surface area (Å²) in [5.74, 6) is -0.308. The monoisotopic (exact) mass is 398 g/mol. The van der Waals surface area contributed by atoms with Gasteiger partial charge in [0.15, 0.2) is 0 Å². The van der Waals surface area contributed by atoms with Gasteiger partial charge in [0.05, 0.1) is 23.0 Å². The Labute approximate surface area is 161 Å². The van der Waals surface area contributed by atoms with Crippen LogP contribution < -0.4 is 10.0 Å². The van der Waals surface area contributed by atoms with Crippen LogP contribution >= 0.6 is 0 Å². The van der Waals surface area contributed by atoms with Crippen molar-refractivity contribution in [3.05, 3.63) is 11.4 Å². The van der Waals surface area contributed by atoms with Crippen molar-refractivity contribution in [1.29, 1.82) is 0 Å². The molecule has 1 spiro atoms. The topological polar surface area (TPSA) is 102 Å². The third kappa shape index (κ3) is 4.20. The van der Waals surface area contributed by atoms with E-state index in [9.17, 15) is 13.2 Å². The van der Waals surface area contributed by atoms with E-state index < -0.39 is 16.1 Å². The summed E-state index contributed by atoms with van der Waals surface area (Å²) in [7, 11) is -2.13. The first-order chi connectivity index (χ1) is 12.6. The van der Waals surface area contributed by atoms with Crippen LogP contribution in [0.15, 0.2) is 4.90 Å². The van der Waals surface area contributed by atoms with Crippen LogP contribution in [0.1, 0.15) is 56.8 Å². The van der Waals surface area contributed by atoms with Crippen molar-refractivity contribution in [2.24, 2.45) is 7.05 Å². The molecule has 8 nitrogen and oxygen atoms in total. The second kappa shape index (κ2) is 7.52. The third-order valence-electron chi connectivity index (χ3n) is 5.79. The van der Waals surface area contributed by atoms with E-state index in [2.05, 4.69) is 15.1 Å². The summed E-state index contributed by atoms with van der Waals surface area (Å²) >= 11 is 0. The molecular formula is C18H30N4O4S. The van der Waals surface area contributed by atoms with Crippen LogP contribution in [0.2, 0.25) is 0 Å². The maximum atomic E-state index is 12.7. The molecular weight excluding hydrogens is 368 g/mol. The number of hydrogen-bond donors (Lipinski definition) is 2. The maximum absolute atomic E-state index is 12.7. The summed E-state index contributed by atoms with van der Waals surface area (Å²) in [6, 6.07) is -0.838. The average Bonchev–Trinajstić information content (AvgIpc) is 3.11. The van der Waals surface area contributed by atoms with Crippen LogP contribution in [0, 0.1) is 13.8 Å². The lowest BCUT2D eigenvalue weighted by atomic mass is 9.89. The summed E-state index contributed by atoms with van der Waals surface area (Å²) in [6.45, 7) is 5.55. The summed E-state index contributed by atoms with van der Waals surface area (Å²) in [6.07, 6.45) is 5.98. The maximum Gasteiger partial charge on any atom is 0.244 e. The number of hydrogen-bond acceptors (Lipinski definition) is 5. The second-order valence-electron chi connectivity index (χ2n) is 7.90. The van der Waals surface area contributed by atoms with E-state index in [-0.39, 0.29) is 22.4 Å². The van der Waals surface area contributed by atoms with E-state index in [1.165, 1.54) is 17.5 Å². The Bertz CT molecular complexity index is 812. The van der Waals surface area contributed by atoms with Gasteiger partial charge < -0.3 is 10.1 Å². The van der Waals surface area contributed by atoms with Gasteiger partial charge in [0.2, 0.25) is 15.9 Å². The number of aryl methyl sites for hydroxylation is 2. The van der Waals surface area contributed by atoms with Gasteiger partial charge in [-0.15, -0.1) is 0 Å². The van der Waals surface area contributed by atoms with Crippen LogP contribution in [-0.4, -0.2) is 48.4 Å². The predicted molar refractivity (Wildman–Crippen MR) is 101 cm³/mol. The minimum absolute atomic E-state index is 0.0261. The second-order valence-corrected chi connectivity index (χ2v) is 9.55. The molecule has 2 heterocycles. The summed E-state index contributed by atoms with van der Waals surface area (Å²) in [5.41, 5.74) is 0.867. The zero-order valence-electron chi connectivity index (χ0n) is 16.5. The summed E-state index contributed by atoms with van der Waals surface area (Å²) < 4.78 is 35.5. The molecule has 2 atom stereocenters. The fourth-order valence-electron chi connectivity index (χ4n) is 4.33. The Morgan fingerprint density at radius 1 is 1.33 bits per heavy atom. The number of rotatable bonds is 5.